The predicted octanol–water partition coefficient (Wildman–Crippen LogP) is 1.38. The third kappa shape index (κ3) is 1.85. The van der Waals surface area contributed by atoms with Gasteiger partial charge in [0.1, 0.15) is 35.4 Å². The summed E-state index contributed by atoms with van der Waals surface area (Å²) in [5, 5.41) is 29.8. The second-order valence-electron chi connectivity index (χ2n) is 4.15. The molecular weight excluding hydrogens is 273 g/mol. The second kappa shape index (κ2) is 4.58. The normalized spacial score (nSPS) is 10.2. The average Bonchev–Trinajstić information content (AvgIpc) is 2.90. The van der Waals surface area contributed by atoms with Crippen LogP contribution >= 0.6 is 0 Å². The SMILES string of the molecule is N#Cc1c([O-])nc2c(ncn2-c2ccc(F)cc2)c1C#N. The van der Waals surface area contributed by atoms with Gasteiger partial charge in [0.25, 0.3) is 0 Å². The number of halogens is 1. The standard InChI is InChI=1S/C14H6FN5O/c15-8-1-3-9(4-2-8)20-7-18-12-10(5-16)11(6-17)14(21)19-13(12)20/h1-4,7H,(H,19,21)/p-1. The van der Waals surface area contributed by atoms with E-state index in [9.17, 15) is 9.50 Å². The predicted molar refractivity (Wildman–Crippen MR) is 67.7 cm³/mol. The van der Waals surface area contributed by atoms with Crippen molar-refractivity contribution in [2.75, 3.05) is 0 Å². The first-order valence-electron chi connectivity index (χ1n) is 5.80. The van der Waals surface area contributed by atoms with Crippen LogP contribution in [0.15, 0.2) is 30.6 Å². The molecule has 0 saturated carbocycles. The van der Waals surface area contributed by atoms with Crippen molar-refractivity contribution < 1.29 is 9.50 Å². The highest BCUT2D eigenvalue weighted by atomic mass is 19.1. The number of aromatic nitrogens is 3. The molecule has 0 bridgehead atoms. The molecule has 0 aliphatic carbocycles. The maximum atomic E-state index is 13.0. The van der Waals surface area contributed by atoms with E-state index in [4.69, 9.17) is 10.5 Å². The summed E-state index contributed by atoms with van der Waals surface area (Å²) in [5.41, 5.74) is 0.433. The molecule has 0 saturated heterocycles. The quantitative estimate of drug-likeness (QED) is 0.669. The number of nitrogens with zero attached hydrogens (tertiary/aromatic N) is 5. The highest BCUT2D eigenvalue weighted by molar-refractivity contribution is 5.83. The van der Waals surface area contributed by atoms with E-state index in [-0.39, 0.29) is 22.3 Å². The minimum absolute atomic E-state index is 0.103. The number of benzene rings is 1. The van der Waals surface area contributed by atoms with Crippen LogP contribution in [-0.2, 0) is 0 Å². The molecule has 0 unspecified atom stereocenters. The minimum atomic E-state index is -0.787. The molecule has 2 heterocycles. The van der Waals surface area contributed by atoms with Crippen molar-refractivity contribution in [2.24, 2.45) is 0 Å². The number of rotatable bonds is 1. The highest BCUT2D eigenvalue weighted by Crippen LogP contribution is 2.25. The van der Waals surface area contributed by atoms with Gasteiger partial charge in [-0.3, -0.25) is 4.57 Å². The summed E-state index contributed by atoms with van der Waals surface area (Å²) in [4.78, 5) is 7.82. The minimum Gasteiger partial charge on any atom is -0.858 e. The first-order valence-corrected chi connectivity index (χ1v) is 5.80. The molecule has 0 N–H and O–H groups in total. The van der Waals surface area contributed by atoms with Crippen LogP contribution in [0.5, 0.6) is 5.88 Å². The fourth-order valence-electron chi connectivity index (χ4n) is 2.01. The Kier molecular flexibility index (Phi) is 2.74. The van der Waals surface area contributed by atoms with Crippen molar-refractivity contribution in [2.45, 2.75) is 0 Å². The van der Waals surface area contributed by atoms with Crippen LogP contribution in [0.4, 0.5) is 4.39 Å². The lowest BCUT2D eigenvalue weighted by Crippen LogP contribution is -2.03. The first kappa shape index (κ1) is 12.6. The average molecular weight is 278 g/mol. The summed E-state index contributed by atoms with van der Waals surface area (Å²) in [6.07, 6.45) is 1.37. The summed E-state index contributed by atoms with van der Waals surface area (Å²) in [6, 6.07) is 8.97. The molecule has 0 spiro atoms. The Labute approximate surface area is 118 Å². The molecule has 0 atom stereocenters. The summed E-state index contributed by atoms with van der Waals surface area (Å²) >= 11 is 0. The number of hydrogen-bond donors (Lipinski definition) is 0. The maximum absolute atomic E-state index is 13.0. The number of pyridine rings is 1. The first-order chi connectivity index (χ1) is 10.2. The zero-order valence-corrected chi connectivity index (χ0v) is 10.4. The lowest BCUT2D eigenvalue weighted by atomic mass is 10.1. The van der Waals surface area contributed by atoms with Crippen LogP contribution in [0.3, 0.4) is 0 Å². The zero-order chi connectivity index (χ0) is 15.0. The number of imidazole rings is 1. The van der Waals surface area contributed by atoms with Gasteiger partial charge >= 0.3 is 0 Å². The molecular formula is C14H5FN5O-. The third-order valence-electron chi connectivity index (χ3n) is 2.98. The van der Waals surface area contributed by atoms with Crippen molar-refractivity contribution in [3.05, 3.63) is 47.5 Å². The molecule has 6 nitrogen and oxygen atoms in total. The Morgan fingerprint density at radius 2 is 1.76 bits per heavy atom. The van der Waals surface area contributed by atoms with E-state index >= 15 is 0 Å². The van der Waals surface area contributed by atoms with Crippen LogP contribution in [-0.4, -0.2) is 14.5 Å². The van der Waals surface area contributed by atoms with Gasteiger partial charge in [-0.2, -0.15) is 10.5 Å². The third-order valence-corrected chi connectivity index (χ3v) is 2.98. The topological polar surface area (TPSA) is 101 Å². The van der Waals surface area contributed by atoms with Crippen molar-refractivity contribution >= 4 is 11.2 Å². The number of nitriles is 2. The van der Waals surface area contributed by atoms with Gasteiger partial charge in [0.05, 0.1) is 5.56 Å². The Balaban J connectivity index is 2.34. The van der Waals surface area contributed by atoms with Crippen molar-refractivity contribution in [3.8, 4) is 23.7 Å². The van der Waals surface area contributed by atoms with Gasteiger partial charge in [0, 0.05) is 11.6 Å². The zero-order valence-electron chi connectivity index (χ0n) is 10.4. The van der Waals surface area contributed by atoms with Crippen LogP contribution in [0.2, 0.25) is 0 Å². The van der Waals surface area contributed by atoms with E-state index in [0.29, 0.717) is 5.69 Å². The Morgan fingerprint density at radius 1 is 1.10 bits per heavy atom. The lowest BCUT2D eigenvalue weighted by Gasteiger charge is -2.10. The van der Waals surface area contributed by atoms with E-state index in [0.717, 1.165) is 0 Å². The Bertz CT molecular complexity index is 931. The Hall–Kier alpha value is -3.45. The van der Waals surface area contributed by atoms with Gasteiger partial charge in [0.15, 0.2) is 5.65 Å². The number of hydrogen-bond acceptors (Lipinski definition) is 5. The molecule has 0 fully saturated rings. The molecule has 21 heavy (non-hydrogen) atoms. The molecule has 100 valence electrons. The van der Waals surface area contributed by atoms with Gasteiger partial charge in [-0.25, -0.2) is 14.4 Å². The van der Waals surface area contributed by atoms with Crippen LogP contribution in [0.1, 0.15) is 11.1 Å². The molecule has 0 aliphatic rings. The smallest absolute Gasteiger partial charge is 0.165 e. The number of fused-ring (bicyclic) bond motifs is 1. The summed E-state index contributed by atoms with van der Waals surface area (Å²) in [5.74, 6) is -1.18. The van der Waals surface area contributed by atoms with Crippen molar-refractivity contribution in [1.29, 1.82) is 10.5 Å². The molecule has 0 amide bonds. The fraction of sp³-hybridized carbons (Fsp3) is 0. The van der Waals surface area contributed by atoms with E-state index in [2.05, 4.69) is 9.97 Å². The molecule has 0 aliphatic heterocycles. The van der Waals surface area contributed by atoms with Crippen molar-refractivity contribution in [3.63, 3.8) is 0 Å². The maximum Gasteiger partial charge on any atom is 0.165 e. The molecule has 7 heteroatoms. The Morgan fingerprint density at radius 3 is 2.38 bits per heavy atom. The van der Waals surface area contributed by atoms with E-state index in [1.165, 1.54) is 35.2 Å². The van der Waals surface area contributed by atoms with Crippen LogP contribution in [0.25, 0.3) is 16.9 Å². The summed E-state index contributed by atoms with van der Waals surface area (Å²) < 4.78 is 14.4. The molecule has 1 aromatic carbocycles. The summed E-state index contributed by atoms with van der Waals surface area (Å²) in [6.45, 7) is 0. The molecule has 3 aromatic rings. The van der Waals surface area contributed by atoms with Gasteiger partial charge in [-0.1, -0.05) is 0 Å². The lowest BCUT2D eigenvalue weighted by molar-refractivity contribution is -0.275. The highest BCUT2D eigenvalue weighted by Gasteiger charge is 2.15. The molecule has 2 aromatic heterocycles. The van der Waals surface area contributed by atoms with Crippen LogP contribution < -0.4 is 5.11 Å². The van der Waals surface area contributed by atoms with Gasteiger partial charge in [-0.15, -0.1) is 0 Å². The van der Waals surface area contributed by atoms with Gasteiger partial charge in [0.2, 0.25) is 0 Å². The monoisotopic (exact) mass is 278 g/mol. The fourth-order valence-corrected chi connectivity index (χ4v) is 2.01. The van der Waals surface area contributed by atoms with E-state index < -0.39 is 11.7 Å². The van der Waals surface area contributed by atoms with Crippen LogP contribution in [0, 0.1) is 28.5 Å². The molecule has 3 rings (SSSR count). The molecule has 0 radical (unpaired) electrons. The van der Waals surface area contributed by atoms with Gasteiger partial charge < -0.3 is 5.11 Å². The van der Waals surface area contributed by atoms with E-state index in [1.54, 1.807) is 12.1 Å². The van der Waals surface area contributed by atoms with Gasteiger partial charge in [-0.05, 0) is 24.3 Å². The largest absolute Gasteiger partial charge is 0.858 e. The summed E-state index contributed by atoms with van der Waals surface area (Å²) in [7, 11) is 0. The second-order valence-corrected chi connectivity index (χ2v) is 4.15. The van der Waals surface area contributed by atoms with Crippen molar-refractivity contribution in [1.82, 2.24) is 14.5 Å². The van der Waals surface area contributed by atoms with E-state index in [1.807, 2.05) is 0 Å².